The van der Waals surface area contributed by atoms with E-state index in [2.05, 4.69) is 0 Å². The molecule has 2 rings (SSSR count). The molecule has 0 N–H and O–H groups in total. The Labute approximate surface area is 118 Å². The molecule has 2 aliphatic rings. The highest BCUT2D eigenvalue weighted by atomic mass is 32.2. The van der Waals surface area contributed by atoms with E-state index in [0.717, 1.165) is 0 Å². The average molecular weight is 309 g/mol. The Bertz CT molecular complexity index is 464. The van der Waals surface area contributed by atoms with E-state index in [1.54, 1.807) is 11.4 Å². The summed E-state index contributed by atoms with van der Waals surface area (Å²) in [6.07, 6.45) is 0.664. The predicted molar refractivity (Wildman–Crippen MR) is 75.9 cm³/mol. The minimum Gasteiger partial charge on any atom is -0.383 e. The SMILES string of the molecule is COC[C@]1(S(=O)(=O)N2CCS(=O)CC(C)C2)C[C@@H]1C. The Morgan fingerprint density at radius 2 is 2.05 bits per heavy atom. The smallest absolute Gasteiger partial charge is 0.222 e. The number of methoxy groups -OCH3 is 1. The van der Waals surface area contributed by atoms with Gasteiger partial charge in [-0.2, -0.15) is 0 Å². The minimum atomic E-state index is -3.37. The molecule has 0 bridgehead atoms. The topological polar surface area (TPSA) is 63.7 Å². The summed E-state index contributed by atoms with van der Waals surface area (Å²) in [6.45, 7) is 5.02. The van der Waals surface area contributed by atoms with Crippen molar-refractivity contribution in [2.75, 3.05) is 38.3 Å². The monoisotopic (exact) mass is 309 g/mol. The van der Waals surface area contributed by atoms with Gasteiger partial charge in [0.1, 0.15) is 4.75 Å². The Morgan fingerprint density at radius 3 is 2.58 bits per heavy atom. The summed E-state index contributed by atoms with van der Waals surface area (Å²) in [5.41, 5.74) is 0. The molecule has 0 aromatic heterocycles. The fourth-order valence-electron chi connectivity index (χ4n) is 2.91. The van der Waals surface area contributed by atoms with Crippen LogP contribution in [-0.2, 0) is 25.6 Å². The first-order chi connectivity index (χ1) is 8.83. The third-order valence-electron chi connectivity index (χ3n) is 4.19. The average Bonchev–Trinajstić information content (AvgIpc) is 2.99. The lowest BCUT2D eigenvalue weighted by molar-refractivity contribution is 0.185. The molecular weight excluding hydrogens is 286 g/mol. The van der Waals surface area contributed by atoms with E-state index in [4.69, 9.17) is 4.74 Å². The zero-order valence-corrected chi connectivity index (χ0v) is 13.4. The van der Waals surface area contributed by atoms with E-state index in [1.165, 1.54) is 0 Å². The largest absolute Gasteiger partial charge is 0.383 e. The van der Waals surface area contributed by atoms with Crippen LogP contribution in [0.15, 0.2) is 0 Å². The first-order valence-electron chi connectivity index (χ1n) is 6.67. The summed E-state index contributed by atoms with van der Waals surface area (Å²) in [4.78, 5) is 0. The van der Waals surface area contributed by atoms with Crippen LogP contribution in [0.4, 0.5) is 0 Å². The van der Waals surface area contributed by atoms with Crippen molar-refractivity contribution in [1.29, 1.82) is 0 Å². The summed E-state index contributed by atoms with van der Waals surface area (Å²) in [6, 6.07) is 0. The standard InChI is InChI=1S/C12H23NO4S2/c1-10-7-13(4-5-18(14)8-10)19(15,16)12(9-17-3)6-11(12)2/h10-11H,4-9H2,1-3H3/t10?,11-,12+,18?/m0/s1. The normalized spacial score (nSPS) is 40.9. The number of hydrogen-bond acceptors (Lipinski definition) is 4. The molecule has 1 aliphatic carbocycles. The second-order valence-corrected chi connectivity index (χ2v) is 9.78. The maximum atomic E-state index is 12.8. The quantitative estimate of drug-likeness (QED) is 0.756. The van der Waals surface area contributed by atoms with Crippen molar-refractivity contribution in [3.05, 3.63) is 0 Å². The molecule has 0 aromatic rings. The molecule has 0 spiro atoms. The molecule has 5 nitrogen and oxygen atoms in total. The maximum absolute atomic E-state index is 12.8. The Balaban J connectivity index is 2.22. The first kappa shape index (κ1) is 15.4. The number of sulfonamides is 1. The van der Waals surface area contributed by atoms with Gasteiger partial charge in [-0.05, 0) is 18.3 Å². The second-order valence-electron chi connectivity index (χ2n) is 5.88. The molecule has 0 amide bonds. The molecule has 4 atom stereocenters. The molecular formula is C12H23NO4S2. The first-order valence-corrected chi connectivity index (χ1v) is 9.60. The molecule has 0 radical (unpaired) electrons. The van der Waals surface area contributed by atoms with Crippen LogP contribution in [0.25, 0.3) is 0 Å². The molecule has 0 aromatic carbocycles. The van der Waals surface area contributed by atoms with Crippen LogP contribution >= 0.6 is 0 Å². The van der Waals surface area contributed by atoms with Crippen LogP contribution in [0.1, 0.15) is 20.3 Å². The number of hydrogen-bond donors (Lipinski definition) is 0. The van der Waals surface area contributed by atoms with Gasteiger partial charge in [0, 0.05) is 42.5 Å². The highest BCUT2D eigenvalue weighted by Crippen LogP contribution is 2.51. The van der Waals surface area contributed by atoms with Crippen molar-refractivity contribution in [1.82, 2.24) is 4.31 Å². The van der Waals surface area contributed by atoms with Crippen LogP contribution in [0.2, 0.25) is 0 Å². The van der Waals surface area contributed by atoms with Crippen LogP contribution in [0.3, 0.4) is 0 Å². The van der Waals surface area contributed by atoms with Gasteiger partial charge in [0.25, 0.3) is 0 Å². The molecule has 1 heterocycles. The fourth-order valence-corrected chi connectivity index (χ4v) is 6.89. The second kappa shape index (κ2) is 5.42. The van der Waals surface area contributed by atoms with Crippen LogP contribution < -0.4 is 0 Å². The molecule has 1 saturated carbocycles. The van der Waals surface area contributed by atoms with E-state index in [-0.39, 0.29) is 18.4 Å². The lowest BCUT2D eigenvalue weighted by atomic mass is 10.2. The van der Waals surface area contributed by atoms with Crippen molar-refractivity contribution >= 4 is 20.8 Å². The van der Waals surface area contributed by atoms with E-state index < -0.39 is 25.6 Å². The molecule has 7 heteroatoms. The summed E-state index contributed by atoms with van der Waals surface area (Å²) < 4.78 is 43.3. The van der Waals surface area contributed by atoms with Crippen molar-refractivity contribution in [2.45, 2.75) is 25.0 Å². The van der Waals surface area contributed by atoms with Gasteiger partial charge in [0.15, 0.2) is 0 Å². The molecule has 19 heavy (non-hydrogen) atoms. The van der Waals surface area contributed by atoms with Gasteiger partial charge in [0.05, 0.1) is 6.61 Å². The molecule has 1 aliphatic heterocycles. The summed E-state index contributed by atoms with van der Waals surface area (Å²) in [5.74, 6) is 1.33. The lowest BCUT2D eigenvalue weighted by Gasteiger charge is -2.27. The van der Waals surface area contributed by atoms with E-state index in [9.17, 15) is 12.6 Å². The van der Waals surface area contributed by atoms with Gasteiger partial charge in [-0.25, -0.2) is 12.7 Å². The van der Waals surface area contributed by atoms with Crippen LogP contribution in [-0.4, -0.2) is 60.0 Å². The number of nitrogens with zero attached hydrogens (tertiary/aromatic N) is 1. The lowest BCUT2D eigenvalue weighted by Crippen LogP contribution is -2.45. The maximum Gasteiger partial charge on any atom is 0.222 e. The zero-order valence-electron chi connectivity index (χ0n) is 11.8. The zero-order chi connectivity index (χ0) is 14.3. The van der Waals surface area contributed by atoms with Gasteiger partial charge < -0.3 is 4.74 Å². The minimum absolute atomic E-state index is 0.140. The summed E-state index contributed by atoms with van der Waals surface area (Å²) >= 11 is 0. The van der Waals surface area contributed by atoms with Gasteiger partial charge in [-0.1, -0.05) is 13.8 Å². The molecule has 2 unspecified atom stereocenters. The van der Waals surface area contributed by atoms with Crippen molar-refractivity contribution in [2.24, 2.45) is 11.8 Å². The fraction of sp³-hybridized carbons (Fsp3) is 1.00. The highest BCUT2D eigenvalue weighted by Gasteiger charge is 2.63. The summed E-state index contributed by atoms with van der Waals surface area (Å²) in [7, 11) is -2.72. The number of ether oxygens (including phenoxy) is 1. The third kappa shape index (κ3) is 2.75. The Kier molecular flexibility index (Phi) is 4.40. The van der Waals surface area contributed by atoms with Gasteiger partial charge in [0.2, 0.25) is 10.0 Å². The molecule has 1 saturated heterocycles. The van der Waals surface area contributed by atoms with Gasteiger partial charge >= 0.3 is 0 Å². The van der Waals surface area contributed by atoms with E-state index in [0.29, 0.717) is 31.0 Å². The Morgan fingerprint density at radius 1 is 1.42 bits per heavy atom. The molecule has 2 fully saturated rings. The van der Waals surface area contributed by atoms with Crippen molar-refractivity contribution in [3.8, 4) is 0 Å². The van der Waals surface area contributed by atoms with Crippen molar-refractivity contribution < 1.29 is 17.4 Å². The van der Waals surface area contributed by atoms with Crippen molar-refractivity contribution in [3.63, 3.8) is 0 Å². The Hall–Kier alpha value is 0.0200. The van der Waals surface area contributed by atoms with Crippen LogP contribution in [0, 0.1) is 11.8 Å². The van der Waals surface area contributed by atoms with Gasteiger partial charge in [-0.3, -0.25) is 4.21 Å². The predicted octanol–water partition coefficient (Wildman–Crippen LogP) is 0.442. The van der Waals surface area contributed by atoms with E-state index in [1.807, 2.05) is 13.8 Å². The van der Waals surface area contributed by atoms with Crippen LogP contribution in [0.5, 0.6) is 0 Å². The molecule has 112 valence electrons. The third-order valence-corrected chi connectivity index (χ3v) is 8.49. The van der Waals surface area contributed by atoms with E-state index >= 15 is 0 Å². The summed E-state index contributed by atoms with van der Waals surface area (Å²) in [5, 5.41) is 0. The van der Waals surface area contributed by atoms with Gasteiger partial charge in [-0.15, -0.1) is 0 Å². The number of rotatable bonds is 4. The highest BCUT2D eigenvalue weighted by molar-refractivity contribution is 7.91.